The van der Waals surface area contributed by atoms with Gasteiger partial charge in [0.15, 0.2) is 0 Å². The number of rotatable bonds is 15. The molecule has 0 unspecified atom stereocenters. The summed E-state index contributed by atoms with van der Waals surface area (Å²) in [5.74, 6) is -1.38. The van der Waals surface area contributed by atoms with Crippen molar-refractivity contribution < 1.29 is 66.1 Å². The van der Waals surface area contributed by atoms with Crippen molar-refractivity contribution in [3.63, 3.8) is 0 Å². The van der Waals surface area contributed by atoms with Gasteiger partial charge in [-0.05, 0) is 25.5 Å². The molecule has 0 bridgehead atoms. The Hall–Kier alpha value is -0.204. The summed E-state index contributed by atoms with van der Waals surface area (Å²) in [5, 5.41) is 11.3. The maximum atomic E-state index is 12.6. The van der Waals surface area contributed by atoms with E-state index in [-0.39, 0.29) is 57.3 Å². The molecule has 4 nitrogen and oxygen atoms in total. The Bertz CT molecular complexity index is 536. The van der Waals surface area contributed by atoms with Crippen LogP contribution in [0, 0.1) is 0 Å². The van der Waals surface area contributed by atoms with E-state index in [1.807, 2.05) is 6.07 Å². The van der Waals surface area contributed by atoms with E-state index in [1.54, 1.807) is 24.3 Å². The summed E-state index contributed by atoms with van der Waals surface area (Å²) >= 11 is 0. The van der Waals surface area contributed by atoms with E-state index < -0.39 is 12.0 Å². The molecule has 1 rings (SSSR count). The molecule has 5 heteroatoms. The molecule has 0 saturated carbocycles. The van der Waals surface area contributed by atoms with Gasteiger partial charge in [-0.1, -0.05) is 89.3 Å². The third-order valence-corrected chi connectivity index (χ3v) is 5.03. The maximum absolute atomic E-state index is 12.6. The molecular formula is C23H36KNO3. The van der Waals surface area contributed by atoms with Crippen molar-refractivity contribution in [2.24, 2.45) is 0 Å². The fourth-order valence-corrected chi connectivity index (χ4v) is 3.34. The van der Waals surface area contributed by atoms with Crippen LogP contribution in [0.1, 0.15) is 90.9 Å². The van der Waals surface area contributed by atoms with Crippen LogP contribution in [0.25, 0.3) is 0 Å². The molecule has 28 heavy (non-hydrogen) atoms. The van der Waals surface area contributed by atoms with Crippen LogP contribution in [0.3, 0.4) is 0 Å². The number of hydrogen-bond donors (Lipinski definition) is 0. The van der Waals surface area contributed by atoms with Gasteiger partial charge in [0.05, 0.1) is 12.0 Å². The Morgan fingerprint density at radius 1 is 0.857 bits per heavy atom. The number of para-hydroxylation sites is 1. The summed E-state index contributed by atoms with van der Waals surface area (Å²) < 4.78 is 0. The second kappa shape index (κ2) is 17.6. The summed E-state index contributed by atoms with van der Waals surface area (Å²) in [6, 6.07) is 8.02. The number of amides is 1. The Labute approximate surface area is 213 Å². The van der Waals surface area contributed by atoms with Crippen LogP contribution in [0.4, 0.5) is 5.69 Å². The molecule has 0 radical (unpaired) electrons. The molecule has 0 aliphatic carbocycles. The first kappa shape index (κ1) is 27.8. The van der Waals surface area contributed by atoms with Gasteiger partial charge in [-0.15, -0.1) is 0 Å². The topological polar surface area (TPSA) is 60.4 Å². The second-order valence-electron chi connectivity index (χ2n) is 7.38. The van der Waals surface area contributed by atoms with Crippen LogP contribution in [-0.2, 0) is 9.59 Å². The van der Waals surface area contributed by atoms with Gasteiger partial charge in [0.25, 0.3) is 0 Å². The normalized spacial score (nSPS) is 11.5. The molecule has 1 atom stereocenters. The number of carbonyl (C=O) groups excluding carboxylic acids is 2. The minimum absolute atomic E-state index is 0. The van der Waals surface area contributed by atoms with Crippen molar-refractivity contribution in [1.29, 1.82) is 0 Å². The van der Waals surface area contributed by atoms with E-state index in [9.17, 15) is 14.7 Å². The number of aliphatic carboxylic acids is 1. The zero-order valence-electron chi connectivity index (χ0n) is 18.1. The van der Waals surface area contributed by atoms with E-state index in [1.165, 1.54) is 63.2 Å². The van der Waals surface area contributed by atoms with Gasteiger partial charge in [-0.3, -0.25) is 4.79 Å². The minimum Gasteiger partial charge on any atom is -0.548 e. The van der Waals surface area contributed by atoms with E-state index in [0.29, 0.717) is 12.1 Å². The molecule has 0 aliphatic rings. The quantitative estimate of drug-likeness (QED) is 0.326. The molecule has 0 heterocycles. The van der Waals surface area contributed by atoms with Gasteiger partial charge in [0.2, 0.25) is 5.91 Å². The third-order valence-electron chi connectivity index (χ3n) is 5.03. The van der Waals surface area contributed by atoms with Gasteiger partial charge in [0.1, 0.15) is 0 Å². The van der Waals surface area contributed by atoms with Gasteiger partial charge in [0, 0.05) is 12.1 Å². The van der Waals surface area contributed by atoms with E-state index in [2.05, 4.69) is 6.92 Å². The summed E-state index contributed by atoms with van der Waals surface area (Å²) in [6.07, 6.45) is 13.9. The summed E-state index contributed by atoms with van der Waals surface area (Å²) in [5.41, 5.74) is 0.613. The van der Waals surface area contributed by atoms with Crippen LogP contribution in [0.2, 0.25) is 0 Å². The molecule has 1 aromatic rings. The first-order valence-corrected chi connectivity index (χ1v) is 10.7. The molecule has 0 spiro atoms. The zero-order valence-corrected chi connectivity index (χ0v) is 21.2. The first-order valence-electron chi connectivity index (χ1n) is 10.7. The number of hydrogen-bond acceptors (Lipinski definition) is 3. The second-order valence-corrected chi connectivity index (χ2v) is 7.38. The van der Waals surface area contributed by atoms with Crippen LogP contribution in [0.15, 0.2) is 30.3 Å². The van der Waals surface area contributed by atoms with Gasteiger partial charge in [-0.2, -0.15) is 0 Å². The van der Waals surface area contributed by atoms with Gasteiger partial charge < -0.3 is 14.8 Å². The number of carbonyl (C=O) groups is 2. The fourth-order valence-electron chi connectivity index (χ4n) is 3.34. The number of unbranched alkanes of at least 4 members (excludes halogenated alkanes) is 10. The summed E-state index contributed by atoms with van der Waals surface area (Å²) in [4.78, 5) is 25.2. The third kappa shape index (κ3) is 11.7. The Balaban J connectivity index is 0.00000729. The van der Waals surface area contributed by atoms with E-state index in [4.69, 9.17) is 0 Å². The number of anilines is 1. The zero-order chi connectivity index (χ0) is 19.9. The van der Waals surface area contributed by atoms with Crippen LogP contribution >= 0.6 is 0 Å². The largest absolute Gasteiger partial charge is 1.00 e. The van der Waals surface area contributed by atoms with Crippen molar-refractivity contribution in [3.8, 4) is 0 Å². The molecule has 0 aromatic heterocycles. The molecule has 0 aliphatic heterocycles. The maximum Gasteiger partial charge on any atom is 1.00 e. The van der Waals surface area contributed by atoms with Crippen molar-refractivity contribution in [2.75, 3.05) is 4.90 Å². The van der Waals surface area contributed by atoms with Crippen molar-refractivity contribution in [1.82, 2.24) is 0 Å². The molecule has 152 valence electrons. The first-order chi connectivity index (χ1) is 13.1. The monoisotopic (exact) mass is 413 g/mol. The Morgan fingerprint density at radius 2 is 1.32 bits per heavy atom. The van der Waals surface area contributed by atoms with Crippen molar-refractivity contribution in [2.45, 2.75) is 96.9 Å². The summed E-state index contributed by atoms with van der Waals surface area (Å²) in [6.45, 7) is 3.74. The number of carboxylic acid groups (broad SMARTS) is 1. The molecule has 0 fully saturated rings. The molecule has 0 saturated heterocycles. The van der Waals surface area contributed by atoms with Crippen molar-refractivity contribution in [3.05, 3.63) is 30.3 Å². The predicted molar refractivity (Wildman–Crippen MR) is 109 cm³/mol. The van der Waals surface area contributed by atoms with Crippen molar-refractivity contribution >= 4 is 17.6 Å². The van der Waals surface area contributed by atoms with Gasteiger partial charge in [-0.25, -0.2) is 0 Å². The molecular weight excluding hydrogens is 377 g/mol. The van der Waals surface area contributed by atoms with Gasteiger partial charge >= 0.3 is 51.4 Å². The predicted octanol–water partition coefficient (Wildman–Crippen LogP) is 1.86. The smallest absolute Gasteiger partial charge is 0.548 e. The van der Waals surface area contributed by atoms with Crippen LogP contribution in [-0.4, -0.2) is 17.9 Å². The molecule has 1 amide bonds. The Kier molecular flexibility index (Phi) is 17.5. The SMILES string of the molecule is CCCCCCCCCCCCCC(=O)N(c1ccccc1)[C@H](C)C(=O)[O-].[K+]. The number of benzene rings is 1. The summed E-state index contributed by atoms with van der Waals surface area (Å²) in [7, 11) is 0. The van der Waals surface area contributed by atoms with E-state index in [0.717, 1.165) is 19.3 Å². The minimum atomic E-state index is -1.23. The fraction of sp³-hybridized carbons (Fsp3) is 0.652. The van der Waals surface area contributed by atoms with E-state index >= 15 is 0 Å². The Morgan fingerprint density at radius 3 is 1.79 bits per heavy atom. The number of nitrogens with zero attached hydrogens (tertiary/aromatic N) is 1. The van der Waals surface area contributed by atoms with Crippen LogP contribution in [0.5, 0.6) is 0 Å². The average Bonchev–Trinajstić information content (AvgIpc) is 2.67. The number of carboxylic acids is 1. The standard InChI is InChI=1S/C23H37NO3.K/c1-3-4-5-6-7-8-9-10-11-12-16-19-22(25)24(20(2)23(26)27)21-17-14-13-15-18-21;/h13-15,17-18,20H,3-12,16,19H2,1-2H3,(H,26,27);/q;+1/p-1/t20-;/m1./s1. The molecule has 1 aromatic carbocycles. The average molecular weight is 414 g/mol. The van der Waals surface area contributed by atoms with Crippen LogP contribution < -0.4 is 61.4 Å². The molecule has 0 N–H and O–H groups in total.